The van der Waals surface area contributed by atoms with E-state index in [1.54, 1.807) is 6.26 Å². The zero-order valence-electron chi connectivity index (χ0n) is 11.9. The van der Waals surface area contributed by atoms with E-state index in [0.717, 1.165) is 12.2 Å². The maximum Gasteiger partial charge on any atom is 0.233 e. The van der Waals surface area contributed by atoms with Gasteiger partial charge in [0.15, 0.2) is 0 Å². The smallest absolute Gasteiger partial charge is 0.233 e. The van der Waals surface area contributed by atoms with E-state index in [-0.39, 0.29) is 5.91 Å². The molecule has 1 aliphatic carbocycles. The van der Waals surface area contributed by atoms with Crippen molar-refractivity contribution in [3.63, 3.8) is 0 Å². The number of ether oxygens (including phenoxy) is 1. The number of carbonyl (C=O) groups excluding carboxylic acids is 1. The fourth-order valence-electron chi connectivity index (χ4n) is 2.40. The van der Waals surface area contributed by atoms with Gasteiger partial charge in [-0.05, 0) is 31.4 Å². The molecule has 0 saturated heterocycles. The lowest BCUT2D eigenvalue weighted by Gasteiger charge is -2.11. The van der Waals surface area contributed by atoms with E-state index < -0.39 is 0 Å². The van der Waals surface area contributed by atoms with Gasteiger partial charge in [0.25, 0.3) is 0 Å². The summed E-state index contributed by atoms with van der Waals surface area (Å²) in [5, 5.41) is 6.19. The molecule has 1 fully saturated rings. The Balaban J connectivity index is 1.41. The number of carbonyl (C=O) groups is 1. The zero-order chi connectivity index (χ0) is 14.0. The highest BCUT2D eigenvalue weighted by molar-refractivity contribution is 5.77. The van der Waals surface area contributed by atoms with Gasteiger partial charge in [0, 0.05) is 19.2 Å². The largest absolute Gasteiger partial charge is 0.467 e. The van der Waals surface area contributed by atoms with Gasteiger partial charge in [-0.25, -0.2) is 0 Å². The van der Waals surface area contributed by atoms with Crippen LogP contribution in [0, 0.1) is 0 Å². The predicted octanol–water partition coefficient (Wildman–Crippen LogP) is 1.83. The molecule has 1 heterocycles. The highest BCUT2D eigenvalue weighted by Crippen LogP contribution is 2.17. The molecular formula is C15H24N2O3. The first-order valence-electron chi connectivity index (χ1n) is 7.45. The van der Waals surface area contributed by atoms with Crippen LogP contribution in [-0.2, 0) is 16.1 Å². The number of amides is 1. The lowest BCUT2D eigenvalue weighted by molar-refractivity contribution is -0.120. The third-order valence-corrected chi connectivity index (χ3v) is 3.52. The van der Waals surface area contributed by atoms with Crippen LogP contribution in [-0.4, -0.2) is 31.6 Å². The molecule has 1 amide bonds. The first kappa shape index (κ1) is 15.1. The van der Waals surface area contributed by atoms with Crippen LogP contribution in [0.5, 0.6) is 0 Å². The lowest BCUT2D eigenvalue weighted by atomic mass is 10.2. The summed E-state index contributed by atoms with van der Waals surface area (Å²) in [6.45, 7) is 2.20. The van der Waals surface area contributed by atoms with E-state index >= 15 is 0 Å². The first-order chi connectivity index (χ1) is 9.84. The summed E-state index contributed by atoms with van der Waals surface area (Å²) in [6.07, 6.45) is 7.42. The van der Waals surface area contributed by atoms with E-state index in [9.17, 15) is 4.79 Å². The van der Waals surface area contributed by atoms with E-state index in [1.807, 2.05) is 12.1 Å². The Bertz CT molecular complexity index is 372. The molecule has 20 heavy (non-hydrogen) atoms. The molecule has 0 aromatic carbocycles. The van der Waals surface area contributed by atoms with Gasteiger partial charge in [-0.3, -0.25) is 4.79 Å². The van der Waals surface area contributed by atoms with Crippen molar-refractivity contribution in [1.82, 2.24) is 10.6 Å². The van der Waals surface area contributed by atoms with E-state index in [0.29, 0.717) is 32.3 Å². The SMILES string of the molecule is O=C(CNC1CCCC1)NCCCOCc1ccco1. The quantitative estimate of drug-likeness (QED) is 0.677. The average Bonchev–Trinajstić information content (AvgIpc) is 3.13. The first-order valence-corrected chi connectivity index (χ1v) is 7.45. The van der Waals surface area contributed by atoms with Crippen LogP contribution in [0.4, 0.5) is 0 Å². The van der Waals surface area contributed by atoms with Gasteiger partial charge in [-0.2, -0.15) is 0 Å². The highest BCUT2D eigenvalue weighted by atomic mass is 16.5. The van der Waals surface area contributed by atoms with Crippen LogP contribution < -0.4 is 10.6 Å². The van der Waals surface area contributed by atoms with Crippen LogP contribution >= 0.6 is 0 Å². The minimum atomic E-state index is 0.0722. The molecule has 0 aliphatic heterocycles. The Morgan fingerprint density at radius 2 is 2.25 bits per heavy atom. The van der Waals surface area contributed by atoms with Crippen LogP contribution in [0.2, 0.25) is 0 Å². The molecule has 112 valence electrons. The fraction of sp³-hybridized carbons (Fsp3) is 0.667. The van der Waals surface area contributed by atoms with Gasteiger partial charge in [0.2, 0.25) is 5.91 Å². The molecule has 1 aromatic rings. The van der Waals surface area contributed by atoms with Crippen molar-refractivity contribution in [2.24, 2.45) is 0 Å². The van der Waals surface area contributed by atoms with E-state index in [4.69, 9.17) is 9.15 Å². The number of nitrogens with one attached hydrogen (secondary N) is 2. The van der Waals surface area contributed by atoms with E-state index in [1.165, 1.54) is 25.7 Å². The molecule has 1 saturated carbocycles. The van der Waals surface area contributed by atoms with Crippen molar-refractivity contribution in [1.29, 1.82) is 0 Å². The van der Waals surface area contributed by atoms with Crippen molar-refractivity contribution < 1.29 is 13.9 Å². The molecule has 1 aromatic heterocycles. The molecular weight excluding hydrogens is 256 g/mol. The molecule has 0 bridgehead atoms. The number of hydrogen-bond donors (Lipinski definition) is 2. The third kappa shape index (κ3) is 5.75. The van der Waals surface area contributed by atoms with Gasteiger partial charge < -0.3 is 19.8 Å². The molecule has 2 rings (SSSR count). The summed E-state index contributed by atoms with van der Waals surface area (Å²) in [6, 6.07) is 4.27. The van der Waals surface area contributed by atoms with Crippen molar-refractivity contribution in [3.05, 3.63) is 24.2 Å². The zero-order valence-corrected chi connectivity index (χ0v) is 11.9. The molecule has 0 spiro atoms. The summed E-state index contributed by atoms with van der Waals surface area (Å²) < 4.78 is 10.6. The van der Waals surface area contributed by atoms with Crippen molar-refractivity contribution in [2.75, 3.05) is 19.7 Å². The highest BCUT2D eigenvalue weighted by Gasteiger charge is 2.14. The number of rotatable bonds is 9. The number of furan rings is 1. The molecule has 2 N–H and O–H groups in total. The van der Waals surface area contributed by atoms with Crippen molar-refractivity contribution >= 4 is 5.91 Å². The topological polar surface area (TPSA) is 63.5 Å². The Morgan fingerprint density at radius 3 is 3.00 bits per heavy atom. The monoisotopic (exact) mass is 280 g/mol. The van der Waals surface area contributed by atoms with Gasteiger partial charge >= 0.3 is 0 Å². The third-order valence-electron chi connectivity index (χ3n) is 3.52. The summed E-state index contributed by atoms with van der Waals surface area (Å²) >= 11 is 0. The Labute approximate surface area is 120 Å². The molecule has 5 heteroatoms. The van der Waals surface area contributed by atoms with Gasteiger partial charge in [0.1, 0.15) is 12.4 Å². The lowest BCUT2D eigenvalue weighted by Crippen LogP contribution is -2.38. The molecule has 1 aliphatic rings. The summed E-state index contributed by atoms with van der Waals surface area (Å²) in [5.41, 5.74) is 0. The van der Waals surface area contributed by atoms with Crippen molar-refractivity contribution in [3.8, 4) is 0 Å². The maximum absolute atomic E-state index is 11.6. The minimum absolute atomic E-state index is 0.0722. The van der Waals surface area contributed by atoms with E-state index in [2.05, 4.69) is 10.6 Å². The van der Waals surface area contributed by atoms with Gasteiger partial charge in [0.05, 0.1) is 12.8 Å². The average molecular weight is 280 g/mol. The molecule has 5 nitrogen and oxygen atoms in total. The Hall–Kier alpha value is -1.33. The Kier molecular flexibility index (Phi) is 6.60. The summed E-state index contributed by atoms with van der Waals surface area (Å²) in [7, 11) is 0. The van der Waals surface area contributed by atoms with Gasteiger partial charge in [-0.15, -0.1) is 0 Å². The van der Waals surface area contributed by atoms with Crippen LogP contribution in [0.3, 0.4) is 0 Å². The predicted molar refractivity (Wildman–Crippen MR) is 76.2 cm³/mol. The Morgan fingerprint density at radius 1 is 1.40 bits per heavy atom. The van der Waals surface area contributed by atoms with Crippen LogP contribution in [0.1, 0.15) is 37.9 Å². The normalized spacial score (nSPS) is 15.6. The summed E-state index contributed by atoms with van der Waals surface area (Å²) in [4.78, 5) is 11.6. The standard InChI is InChI=1S/C15H24N2O3/c18-15(11-17-13-5-1-2-6-13)16-8-4-9-19-12-14-7-3-10-20-14/h3,7,10,13,17H,1-2,4-6,8-9,11-12H2,(H,16,18). The fourth-order valence-corrected chi connectivity index (χ4v) is 2.40. The molecule has 0 unspecified atom stereocenters. The maximum atomic E-state index is 11.6. The van der Waals surface area contributed by atoms with Crippen molar-refractivity contribution in [2.45, 2.75) is 44.8 Å². The summed E-state index contributed by atoms with van der Waals surface area (Å²) in [5.74, 6) is 0.901. The molecule has 0 atom stereocenters. The minimum Gasteiger partial charge on any atom is -0.467 e. The second kappa shape index (κ2) is 8.76. The second-order valence-electron chi connectivity index (χ2n) is 5.20. The molecule has 0 radical (unpaired) electrons. The van der Waals surface area contributed by atoms with Crippen LogP contribution in [0.15, 0.2) is 22.8 Å². The second-order valence-corrected chi connectivity index (χ2v) is 5.20. The van der Waals surface area contributed by atoms with Gasteiger partial charge in [-0.1, -0.05) is 12.8 Å². The van der Waals surface area contributed by atoms with Crippen LogP contribution in [0.25, 0.3) is 0 Å². The number of hydrogen-bond acceptors (Lipinski definition) is 4.